The van der Waals surface area contributed by atoms with E-state index in [4.69, 9.17) is 32.7 Å². The monoisotopic (exact) mass is 481 g/mol. The Morgan fingerprint density at radius 3 is 2.45 bits per heavy atom. The van der Waals surface area contributed by atoms with E-state index in [-0.39, 0.29) is 18.5 Å². The van der Waals surface area contributed by atoms with Crippen molar-refractivity contribution in [1.29, 1.82) is 0 Å². The number of amides is 2. The van der Waals surface area contributed by atoms with E-state index >= 15 is 0 Å². The summed E-state index contributed by atoms with van der Waals surface area (Å²) in [6, 6.07) is 10.4. The van der Waals surface area contributed by atoms with E-state index in [1.165, 1.54) is 0 Å². The molecule has 2 amide bonds. The Morgan fingerprint density at radius 2 is 1.81 bits per heavy atom. The lowest BCUT2D eigenvalue weighted by atomic mass is 10.1. The molecule has 0 spiro atoms. The third kappa shape index (κ3) is 6.40. The predicted molar refractivity (Wildman–Crippen MR) is 123 cm³/mol. The largest absolute Gasteiger partial charge is 0.491 e. The van der Waals surface area contributed by atoms with Crippen LogP contribution >= 0.6 is 35.0 Å². The van der Waals surface area contributed by atoms with Gasteiger partial charge in [0.2, 0.25) is 0 Å². The molecule has 2 aromatic carbocycles. The lowest BCUT2D eigenvalue weighted by Crippen LogP contribution is -2.25. The first-order valence-electron chi connectivity index (χ1n) is 9.62. The van der Waals surface area contributed by atoms with Gasteiger partial charge >= 0.3 is 0 Å². The molecule has 2 aromatic rings. The highest BCUT2D eigenvalue weighted by Crippen LogP contribution is 2.34. The third-order valence-corrected chi connectivity index (χ3v) is 6.00. The second-order valence-corrected chi connectivity index (χ2v) is 8.59. The molecule has 9 heteroatoms. The maximum Gasteiger partial charge on any atom is 0.290 e. The first-order chi connectivity index (χ1) is 14.9. The maximum atomic E-state index is 11.6. The van der Waals surface area contributed by atoms with Crippen molar-refractivity contribution in [3.63, 3.8) is 0 Å². The minimum atomic E-state index is -0.852. The van der Waals surface area contributed by atoms with Gasteiger partial charge in [-0.1, -0.05) is 48.7 Å². The van der Waals surface area contributed by atoms with Crippen LogP contribution in [0.4, 0.5) is 4.79 Å². The number of imide groups is 1. The number of nitrogens with one attached hydrogen (secondary N) is 1. The Balaban J connectivity index is 1.52. The number of ether oxygens (including phenoxy) is 2. The van der Waals surface area contributed by atoms with Crippen LogP contribution in [0.3, 0.4) is 0 Å². The van der Waals surface area contributed by atoms with E-state index in [1.807, 2.05) is 6.92 Å². The van der Waals surface area contributed by atoms with Crippen molar-refractivity contribution in [1.82, 2.24) is 5.32 Å². The topological polar surface area (TPSA) is 84.9 Å². The van der Waals surface area contributed by atoms with E-state index in [1.54, 1.807) is 42.5 Å². The number of aliphatic hydroxyl groups is 1. The molecule has 0 unspecified atom stereocenters. The summed E-state index contributed by atoms with van der Waals surface area (Å²) in [5, 5.41) is 13.0. The summed E-state index contributed by atoms with van der Waals surface area (Å²) in [5.74, 6) is 0.754. The number of halogens is 2. The molecule has 31 heavy (non-hydrogen) atoms. The van der Waals surface area contributed by atoms with Crippen molar-refractivity contribution in [2.45, 2.75) is 25.9 Å². The van der Waals surface area contributed by atoms with Crippen molar-refractivity contribution in [3.05, 3.63) is 62.5 Å². The number of benzene rings is 2. The van der Waals surface area contributed by atoms with Crippen molar-refractivity contribution in [3.8, 4) is 11.5 Å². The lowest BCUT2D eigenvalue weighted by Gasteiger charge is -2.17. The summed E-state index contributed by atoms with van der Waals surface area (Å²) in [7, 11) is 0. The fourth-order valence-electron chi connectivity index (χ4n) is 2.85. The van der Waals surface area contributed by atoms with Crippen LogP contribution in [0.2, 0.25) is 10.0 Å². The summed E-state index contributed by atoms with van der Waals surface area (Å²) in [4.78, 5) is 23.1. The van der Waals surface area contributed by atoms with Crippen LogP contribution in [-0.4, -0.2) is 35.6 Å². The van der Waals surface area contributed by atoms with Gasteiger partial charge < -0.3 is 14.6 Å². The fraction of sp³-hybridized carbons (Fsp3) is 0.273. The van der Waals surface area contributed by atoms with Crippen LogP contribution in [0, 0.1) is 0 Å². The molecule has 0 radical (unpaired) electrons. The highest BCUT2D eigenvalue weighted by Gasteiger charge is 2.24. The predicted octanol–water partition coefficient (Wildman–Crippen LogP) is 5.09. The molecule has 1 aliphatic rings. The quantitative estimate of drug-likeness (QED) is 0.485. The summed E-state index contributed by atoms with van der Waals surface area (Å²) in [5.41, 5.74) is 1.58. The van der Waals surface area contributed by atoms with Crippen LogP contribution < -0.4 is 14.8 Å². The number of carbonyl (C=O) groups excluding carboxylic acids is 2. The normalized spacial score (nSPS) is 15.8. The van der Waals surface area contributed by atoms with E-state index in [0.717, 1.165) is 35.7 Å². The van der Waals surface area contributed by atoms with Gasteiger partial charge in [0.25, 0.3) is 11.1 Å². The highest BCUT2D eigenvalue weighted by molar-refractivity contribution is 8.18. The molecule has 0 aliphatic carbocycles. The van der Waals surface area contributed by atoms with Gasteiger partial charge in [-0.05, 0) is 54.1 Å². The molecule has 6 nitrogen and oxygen atoms in total. The average Bonchev–Trinajstić information content (AvgIpc) is 3.07. The third-order valence-electron chi connectivity index (χ3n) is 4.35. The minimum absolute atomic E-state index is 0.0393. The van der Waals surface area contributed by atoms with Crippen LogP contribution in [0.1, 0.15) is 24.5 Å². The van der Waals surface area contributed by atoms with E-state index in [9.17, 15) is 14.7 Å². The van der Waals surface area contributed by atoms with Crippen LogP contribution in [0.5, 0.6) is 11.5 Å². The number of carbonyl (C=O) groups is 2. The molecule has 3 rings (SSSR count). The first-order valence-corrected chi connectivity index (χ1v) is 11.2. The summed E-state index contributed by atoms with van der Waals surface area (Å²) < 4.78 is 11.3. The van der Waals surface area contributed by atoms with Crippen molar-refractivity contribution >= 4 is 52.2 Å². The summed E-state index contributed by atoms with van der Waals surface area (Å²) in [6.45, 7) is 2.11. The second-order valence-electron chi connectivity index (χ2n) is 6.79. The molecule has 2 N–H and O–H groups in total. The number of hydrogen-bond acceptors (Lipinski definition) is 6. The number of aliphatic hydroxyl groups excluding tert-OH is 1. The molecule has 1 heterocycles. The second kappa shape index (κ2) is 10.9. The van der Waals surface area contributed by atoms with Crippen molar-refractivity contribution in [2.75, 3.05) is 13.2 Å². The molecular weight excluding hydrogens is 461 g/mol. The zero-order valence-electron chi connectivity index (χ0n) is 16.7. The van der Waals surface area contributed by atoms with Crippen molar-refractivity contribution < 1.29 is 24.2 Å². The van der Waals surface area contributed by atoms with Gasteiger partial charge in [0, 0.05) is 5.56 Å². The fourth-order valence-corrected chi connectivity index (χ4v) is 3.96. The van der Waals surface area contributed by atoms with E-state index in [2.05, 4.69) is 5.32 Å². The zero-order valence-corrected chi connectivity index (χ0v) is 19.0. The Morgan fingerprint density at radius 1 is 1.10 bits per heavy atom. The van der Waals surface area contributed by atoms with E-state index < -0.39 is 12.0 Å². The van der Waals surface area contributed by atoms with Gasteiger partial charge in [-0.2, -0.15) is 0 Å². The first kappa shape index (κ1) is 23.5. The van der Waals surface area contributed by atoms with Gasteiger partial charge in [-0.15, -0.1) is 0 Å². The molecule has 0 aromatic heterocycles. The molecule has 1 aliphatic heterocycles. The zero-order chi connectivity index (χ0) is 22.4. The lowest BCUT2D eigenvalue weighted by molar-refractivity contribution is -0.115. The molecule has 1 fully saturated rings. The van der Waals surface area contributed by atoms with Crippen LogP contribution in [-0.2, 0) is 11.2 Å². The minimum Gasteiger partial charge on any atom is -0.491 e. The molecular formula is C22H21Cl2NO5S. The summed E-state index contributed by atoms with van der Waals surface area (Å²) in [6.07, 6.45) is 2.38. The Bertz CT molecular complexity index is 994. The summed E-state index contributed by atoms with van der Waals surface area (Å²) >= 11 is 13.2. The number of rotatable bonds is 9. The Labute approximate surface area is 194 Å². The average molecular weight is 482 g/mol. The Kier molecular flexibility index (Phi) is 8.26. The van der Waals surface area contributed by atoms with Crippen LogP contribution in [0.15, 0.2) is 41.3 Å². The standard InChI is InChI=1S/C22H21Cl2NO5S/c1-2-3-16-18(9-8-17(23)20(16)24)30-12-14(26)11-29-15-6-4-13(5-7-15)10-19-21(27)25-22(28)31-19/h4-10,14,26H,2-3,11-12H2,1H3,(H,25,27,28)/t14-/m0/s1. The molecule has 1 saturated heterocycles. The van der Waals surface area contributed by atoms with Gasteiger partial charge in [0.15, 0.2) is 0 Å². The van der Waals surface area contributed by atoms with Gasteiger partial charge in [0.05, 0.1) is 15.0 Å². The molecule has 0 saturated carbocycles. The van der Waals surface area contributed by atoms with Gasteiger partial charge in [0.1, 0.15) is 30.8 Å². The number of thioether (sulfide) groups is 1. The SMILES string of the molecule is CCCc1c(OC[C@@H](O)COc2ccc(C=C3SC(=O)NC3=O)cc2)ccc(Cl)c1Cl. The van der Waals surface area contributed by atoms with Gasteiger partial charge in [-0.25, -0.2) is 0 Å². The van der Waals surface area contributed by atoms with Crippen molar-refractivity contribution in [2.24, 2.45) is 0 Å². The molecule has 0 bridgehead atoms. The highest BCUT2D eigenvalue weighted by atomic mass is 35.5. The number of hydrogen-bond donors (Lipinski definition) is 2. The molecule has 1 atom stereocenters. The van der Waals surface area contributed by atoms with E-state index in [0.29, 0.717) is 26.4 Å². The van der Waals surface area contributed by atoms with Gasteiger partial charge in [-0.3, -0.25) is 14.9 Å². The molecule has 164 valence electrons. The smallest absolute Gasteiger partial charge is 0.290 e. The maximum absolute atomic E-state index is 11.6. The Hall–Kier alpha value is -2.19. The van der Waals surface area contributed by atoms with Crippen LogP contribution in [0.25, 0.3) is 6.08 Å².